The van der Waals surface area contributed by atoms with Gasteiger partial charge in [-0.2, -0.15) is 0 Å². The first-order valence-corrected chi connectivity index (χ1v) is 9.02. The summed E-state index contributed by atoms with van der Waals surface area (Å²) < 4.78 is 22.9. The fourth-order valence-electron chi connectivity index (χ4n) is 3.20. The van der Waals surface area contributed by atoms with Gasteiger partial charge in [-0.25, -0.2) is 8.42 Å². The van der Waals surface area contributed by atoms with Crippen LogP contribution in [0.5, 0.6) is 0 Å². The van der Waals surface area contributed by atoms with E-state index in [9.17, 15) is 13.2 Å². The normalized spacial score (nSPS) is 31.1. The van der Waals surface area contributed by atoms with Crippen LogP contribution in [-0.4, -0.2) is 56.9 Å². The van der Waals surface area contributed by atoms with Crippen molar-refractivity contribution in [1.82, 2.24) is 10.2 Å². The maximum absolute atomic E-state index is 12.8. The van der Waals surface area contributed by atoms with E-state index in [1.807, 2.05) is 0 Å². The van der Waals surface area contributed by atoms with Crippen molar-refractivity contribution in [2.45, 2.75) is 32.6 Å². The van der Waals surface area contributed by atoms with Gasteiger partial charge in [-0.15, -0.1) is 0 Å². The van der Waals surface area contributed by atoms with Crippen LogP contribution in [0.2, 0.25) is 0 Å². The minimum absolute atomic E-state index is 0.119. The molecule has 2 heterocycles. The van der Waals surface area contributed by atoms with Crippen molar-refractivity contribution >= 4 is 15.7 Å². The monoisotopic (exact) mass is 288 g/mol. The number of nitrogens with one attached hydrogen (secondary N) is 1. The molecule has 0 spiro atoms. The van der Waals surface area contributed by atoms with Gasteiger partial charge in [0.2, 0.25) is 5.91 Å². The molecule has 0 saturated carbocycles. The lowest BCUT2D eigenvalue weighted by atomic mass is 9.75. The number of hydrogen-bond acceptors (Lipinski definition) is 4. The van der Waals surface area contributed by atoms with Gasteiger partial charge in [-0.1, -0.05) is 13.3 Å². The van der Waals surface area contributed by atoms with E-state index in [1.165, 1.54) is 0 Å². The van der Waals surface area contributed by atoms with Gasteiger partial charge in [-0.3, -0.25) is 4.79 Å². The van der Waals surface area contributed by atoms with Crippen LogP contribution in [0, 0.1) is 5.41 Å². The van der Waals surface area contributed by atoms with Crippen LogP contribution in [0.1, 0.15) is 32.6 Å². The Hall–Kier alpha value is -0.620. The van der Waals surface area contributed by atoms with Crippen molar-refractivity contribution in [2.24, 2.45) is 5.41 Å². The Bertz CT molecular complexity index is 408. The van der Waals surface area contributed by atoms with Crippen molar-refractivity contribution < 1.29 is 13.2 Å². The van der Waals surface area contributed by atoms with Crippen molar-refractivity contribution in [1.29, 1.82) is 0 Å². The van der Waals surface area contributed by atoms with Crippen LogP contribution in [0.25, 0.3) is 0 Å². The summed E-state index contributed by atoms with van der Waals surface area (Å²) in [7, 11) is -2.92. The molecule has 0 aromatic heterocycles. The molecule has 0 aliphatic carbocycles. The summed E-state index contributed by atoms with van der Waals surface area (Å²) in [6.45, 7) is 4.56. The zero-order chi connectivity index (χ0) is 13.9. The molecule has 0 radical (unpaired) electrons. The first-order chi connectivity index (χ1) is 8.99. The van der Waals surface area contributed by atoms with E-state index in [4.69, 9.17) is 0 Å². The first kappa shape index (κ1) is 14.8. The minimum atomic E-state index is -2.92. The predicted molar refractivity (Wildman–Crippen MR) is 74.7 cm³/mol. The lowest BCUT2D eigenvalue weighted by molar-refractivity contribution is -0.143. The van der Waals surface area contributed by atoms with Gasteiger partial charge < -0.3 is 10.2 Å². The van der Waals surface area contributed by atoms with Gasteiger partial charge in [0, 0.05) is 19.6 Å². The van der Waals surface area contributed by atoms with E-state index in [0.717, 1.165) is 38.8 Å². The summed E-state index contributed by atoms with van der Waals surface area (Å²) in [4.78, 5) is 14.5. The number of sulfone groups is 1. The summed E-state index contributed by atoms with van der Waals surface area (Å²) in [5.41, 5.74) is -0.298. The van der Waals surface area contributed by atoms with Crippen molar-refractivity contribution in [2.75, 3.05) is 37.7 Å². The molecule has 0 aromatic rings. The van der Waals surface area contributed by atoms with E-state index >= 15 is 0 Å². The van der Waals surface area contributed by atoms with Crippen LogP contribution in [-0.2, 0) is 14.6 Å². The Morgan fingerprint density at radius 1 is 1.32 bits per heavy atom. The summed E-state index contributed by atoms with van der Waals surface area (Å²) in [5, 5.41) is 3.33. The fourth-order valence-corrected chi connectivity index (χ4v) is 4.40. The molecule has 2 saturated heterocycles. The van der Waals surface area contributed by atoms with Crippen molar-refractivity contribution in [3.05, 3.63) is 0 Å². The number of piperidine rings is 1. The Labute approximate surface area is 115 Å². The van der Waals surface area contributed by atoms with Gasteiger partial charge >= 0.3 is 0 Å². The standard InChI is InChI=1S/C13H24N2O3S/c1-2-4-13(5-3-6-14-11-13)12(16)15-7-9-19(17,18)10-8-15/h14H,2-11H2,1H3. The van der Waals surface area contributed by atoms with Crippen LogP contribution >= 0.6 is 0 Å². The highest BCUT2D eigenvalue weighted by Crippen LogP contribution is 2.34. The maximum Gasteiger partial charge on any atom is 0.230 e. The third kappa shape index (κ3) is 3.28. The van der Waals surface area contributed by atoms with Gasteiger partial charge in [0.1, 0.15) is 0 Å². The second-order valence-corrected chi connectivity index (χ2v) is 8.06. The number of hydrogen-bond donors (Lipinski definition) is 1. The molecule has 0 aromatic carbocycles. The van der Waals surface area contributed by atoms with Crippen LogP contribution in [0.15, 0.2) is 0 Å². The zero-order valence-electron chi connectivity index (χ0n) is 11.7. The molecule has 1 amide bonds. The number of amides is 1. The quantitative estimate of drug-likeness (QED) is 0.817. The highest BCUT2D eigenvalue weighted by atomic mass is 32.2. The van der Waals surface area contributed by atoms with Gasteiger partial charge in [0.05, 0.1) is 16.9 Å². The Balaban J connectivity index is 2.07. The molecule has 2 aliphatic rings. The predicted octanol–water partition coefficient (Wildman–Crippen LogP) is 0.413. The average molecular weight is 288 g/mol. The molecular formula is C13H24N2O3S. The molecule has 1 N–H and O–H groups in total. The molecular weight excluding hydrogens is 264 g/mol. The molecule has 5 nitrogen and oxygen atoms in total. The lowest BCUT2D eigenvalue weighted by Gasteiger charge is -2.41. The smallest absolute Gasteiger partial charge is 0.230 e. The Morgan fingerprint density at radius 2 is 2.00 bits per heavy atom. The van der Waals surface area contributed by atoms with Crippen molar-refractivity contribution in [3.63, 3.8) is 0 Å². The van der Waals surface area contributed by atoms with Gasteiger partial charge in [0.15, 0.2) is 9.84 Å². The highest BCUT2D eigenvalue weighted by molar-refractivity contribution is 7.91. The second kappa shape index (κ2) is 5.79. The van der Waals surface area contributed by atoms with Crippen LogP contribution in [0.4, 0.5) is 0 Å². The topological polar surface area (TPSA) is 66.5 Å². The Morgan fingerprint density at radius 3 is 2.53 bits per heavy atom. The molecule has 110 valence electrons. The number of rotatable bonds is 3. The van der Waals surface area contributed by atoms with E-state index in [-0.39, 0.29) is 22.8 Å². The minimum Gasteiger partial charge on any atom is -0.340 e. The van der Waals surface area contributed by atoms with E-state index in [1.54, 1.807) is 4.90 Å². The third-order valence-corrected chi connectivity index (χ3v) is 5.90. The number of carbonyl (C=O) groups excluding carboxylic acids is 1. The molecule has 2 rings (SSSR count). The fraction of sp³-hybridized carbons (Fsp3) is 0.923. The molecule has 6 heteroatoms. The van der Waals surface area contributed by atoms with Gasteiger partial charge in [0.25, 0.3) is 0 Å². The zero-order valence-corrected chi connectivity index (χ0v) is 12.5. The average Bonchev–Trinajstić information content (AvgIpc) is 2.39. The Kier molecular flexibility index (Phi) is 4.50. The van der Waals surface area contributed by atoms with E-state index < -0.39 is 9.84 Å². The van der Waals surface area contributed by atoms with Crippen LogP contribution in [0.3, 0.4) is 0 Å². The van der Waals surface area contributed by atoms with E-state index in [2.05, 4.69) is 12.2 Å². The molecule has 1 atom stereocenters. The van der Waals surface area contributed by atoms with E-state index in [0.29, 0.717) is 13.1 Å². The SMILES string of the molecule is CCCC1(C(=O)N2CCS(=O)(=O)CC2)CCCNC1. The summed E-state index contributed by atoms with van der Waals surface area (Å²) in [6, 6.07) is 0. The molecule has 2 fully saturated rings. The largest absolute Gasteiger partial charge is 0.340 e. The second-order valence-electron chi connectivity index (χ2n) is 5.75. The van der Waals surface area contributed by atoms with Crippen molar-refractivity contribution in [3.8, 4) is 0 Å². The van der Waals surface area contributed by atoms with Gasteiger partial charge in [-0.05, 0) is 25.8 Å². The summed E-state index contributed by atoms with van der Waals surface area (Å²) in [5.74, 6) is 0.402. The number of nitrogens with zero attached hydrogens (tertiary/aromatic N) is 1. The molecule has 1 unspecified atom stereocenters. The first-order valence-electron chi connectivity index (χ1n) is 7.20. The lowest BCUT2D eigenvalue weighted by Crippen LogP contribution is -2.55. The molecule has 0 bridgehead atoms. The summed E-state index contributed by atoms with van der Waals surface area (Å²) in [6.07, 6.45) is 3.83. The maximum atomic E-state index is 12.8. The molecule has 2 aliphatic heterocycles. The number of carbonyl (C=O) groups is 1. The summed E-state index contributed by atoms with van der Waals surface area (Å²) >= 11 is 0. The van der Waals surface area contributed by atoms with Crippen LogP contribution < -0.4 is 5.32 Å². The third-order valence-electron chi connectivity index (χ3n) is 4.29. The highest BCUT2D eigenvalue weighted by Gasteiger charge is 2.42. The molecule has 19 heavy (non-hydrogen) atoms.